The molecule has 0 spiro atoms. The summed E-state index contributed by atoms with van der Waals surface area (Å²) in [6, 6.07) is 3.02. The summed E-state index contributed by atoms with van der Waals surface area (Å²) < 4.78 is 1.16. The third-order valence-corrected chi connectivity index (χ3v) is 3.59. The smallest absolute Gasteiger partial charge is 0.267 e. The molecular weight excluding hydrogens is 272 g/mol. The van der Waals surface area contributed by atoms with E-state index < -0.39 is 0 Å². The first-order valence-corrected chi connectivity index (χ1v) is 7.04. The molecule has 2 rings (SSSR count). The van der Waals surface area contributed by atoms with Crippen LogP contribution in [-0.4, -0.2) is 58.1 Å². The van der Waals surface area contributed by atoms with E-state index in [4.69, 9.17) is 0 Å². The molecule has 0 N–H and O–H groups in total. The van der Waals surface area contributed by atoms with Crippen molar-refractivity contribution in [3.63, 3.8) is 0 Å². The number of aryl methyl sites for hydroxylation is 1. The van der Waals surface area contributed by atoms with Crippen molar-refractivity contribution in [2.75, 3.05) is 26.7 Å². The van der Waals surface area contributed by atoms with Crippen molar-refractivity contribution >= 4 is 11.8 Å². The van der Waals surface area contributed by atoms with Gasteiger partial charge in [-0.1, -0.05) is 0 Å². The molecule has 1 aliphatic rings. The molecule has 0 aliphatic carbocycles. The molecule has 1 aromatic rings. The van der Waals surface area contributed by atoms with Gasteiger partial charge in [0.15, 0.2) is 0 Å². The standard InChI is InChI=1S/C14H20N4O3/c1-11-5-6-13(20)18(15-11)10-14(21)16(2)8-9-17-7-3-4-12(17)19/h5-6H,3-4,7-10H2,1-2H3. The van der Waals surface area contributed by atoms with E-state index in [1.54, 1.807) is 24.9 Å². The van der Waals surface area contributed by atoms with E-state index in [1.165, 1.54) is 11.0 Å². The van der Waals surface area contributed by atoms with E-state index in [0.717, 1.165) is 17.6 Å². The second-order valence-electron chi connectivity index (χ2n) is 5.27. The summed E-state index contributed by atoms with van der Waals surface area (Å²) in [7, 11) is 1.67. The van der Waals surface area contributed by atoms with Crippen LogP contribution in [0.1, 0.15) is 18.5 Å². The van der Waals surface area contributed by atoms with Crippen LogP contribution in [0.25, 0.3) is 0 Å². The number of aromatic nitrogens is 2. The summed E-state index contributed by atoms with van der Waals surface area (Å²) in [5.74, 6) is -0.0470. The van der Waals surface area contributed by atoms with E-state index in [2.05, 4.69) is 5.10 Å². The third kappa shape index (κ3) is 3.90. The fraction of sp³-hybridized carbons (Fsp3) is 0.571. The maximum absolute atomic E-state index is 12.1. The van der Waals surface area contributed by atoms with Crippen molar-refractivity contribution in [2.24, 2.45) is 0 Å². The molecule has 21 heavy (non-hydrogen) atoms. The Balaban J connectivity index is 1.89. The van der Waals surface area contributed by atoms with E-state index in [0.29, 0.717) is 25.2 Å². The van der Waals surface area contributed by atoms with Crippen LogP contribution in [0.3, 0.4) is 0 Å². The molecule has 0 radical (unpaired) electrons. The van der Waals surface area contributed by atoms with Crippen molar-refractivity contribution < 1.29 is 9.59 Å². The highest BCUT2D eigenvalue weighted by Crippen LogP contribution is 2.08. The lowest BCUT2D eigenvalue weighted by Crippen LogP contribution is -2.40. The van der Waals surface area contributed by atoms with E-state index >= 15 is 0 Å². The summed E-state index contributed by atoms with van der Waals surface area (Å²) in [4.78, 5) is 38.5. The SMILES string of the molecule is Cc1ccc(=O)n(CC(=O)N(C)CCN2CCCC2=O)n1. The summed E-state index contributed by atoms with van der Waals surface area (Å²) in [6.07, 6.45) is 1.49. The van der Waals surface area contributed by atoms with Gasteiger partial charge in [-0.15, -0.1) is 0 Å². The number of hydrogen-bond donors (Lipinski definition) is 0. The van der Waals surface area contributed by atoms with Gasteiger partial charge in [0.1, 0.15) is 6.54 Å². The third-order valence-electron chi connectivity index (χ3n) is 3.59. The lowest BCUT2D eigenvalue weighted by Gasteiger charge is -2.22. The topological polar surface area (TPSA) is 75.5 Å². The molecule has 1 saturated heterocycles. The van der Waals surface area contributed by atoms with Gasteiger partial charge in [0.05, 0.1) is 5.69 Å². The fourth-order valence-electron chi connectivity index (χ4n) is 2.25. The number of rotatable bonds is 5. The lowest BCUT2D eigenvalue weighted by molar-refractivity contribution is -0.133. The highest BCUT2D eigenvalue weighted by Gasteiger charge is 2.21. The molecule has 0 unspecified atom stereocenters. The first-order chi connectivity index (χ1) is 9.97. The minimum absolute atomic E-state index is 0.0784. The average Bonchev–Trinajstić information content (AvgIpc) is 2.85. The molecule has 0 aromatic carbocycles. The van der Waals surface area contributed by atoms with Crippen molar-refractivity contribution in [2.45, 2.75) is 26.3 Å². The van der Waals surface area contributed by atoms with Crippen LogP contribution in [0.2, 0.25) is 0 Å². The van der Waals surface area contributed by atoms with E-state index in [9.17, 15) is 14.4 Å². The summed E-state index contributed by atoms with van der Waals surface area (Å²) in [6.45, 7) is 3.45. The quantitative estimate of drug-likeness (QED) is 0.742. The number of nitrogens with zero attached hydrogens (tertiary/aromatic N) is 4. The van der Waals surface area contributed by atoms with Gasteiger partial charge in [0.25, 0.3) is 5.56 Å². The largest absolute Gasteiger partial charge is 0.342 e. The van der Waals surface area contributed by atoms with Crippen molar-refractivity contribution in [3.05, 3.63) is 28.2 Å². The van der Waals surface area contributed by atoms with Crippen LogP contribution in [-0.2, 0) is 16.1 Å². The predicted molar refractivity (Wildman–Crippen MR) is 76.7 cm³/mol. The molecule has 1 fully saturated rings. The number of hydrogen-bond acceptors (Lipinski definition) is 4. The van der Waals surface area contributed by atoms with Crippen molar-refractivity contribution in [1.82, 2.24) is 19.6 Å². The van der Waals surface area contributed by atoms with Crippen LogP contribution in [0.4, 0.5) is 0 Å². The summed E-state index contributed by atoms with van der Waals surface area (Å²) in [5, 5.41) is 4.04. The van der Waals surface area contributed by atoms with Crippen LogP contribution >= 0.6 is 0 Å². The Bertz CT molecular complexity index is 596. The van der Waals surface area contributed by atoms with Gasteiger partial charge in [-0.05, 0) is 19.4 Å². The zero-order valence-corrected chi connectivity index (χ0v) is 12.4. The number of carbonyl (C=O) groups is 2. The van der Waals surface area contributed by atoms with E-state index in [-0.39, 0.29) is 23.9 Å². The normalized spacial score (nSPS) is 14.6. The molecule has 2 heterocycles. The van der Waals surface area contributed by atoms with Crippen molar-refractivity contribution in [1.29, 1.82) is 0 Å². The summed E-state index contributed by atoms with van der Waals surface area (Å²) in [5.41, 5.74) is 0.393. The molecule has 0 saturated carbocycles. The Morgan fingerprint density at radius 3 is 2.81 bits per heavy atom. The Hall–Kier alpha value is -2.18. The molecule has 2 amide bonds. The van der Waals surface area contributed by atoms with Gasteiger partial charge in [-0.25, -0.2) is 4.68 Å². The first-order valence-electron chi connectivity index (χ1n) is 7.04. The molecule has 1 aromatic heterocycles. The minimum Gasteiger partial charge on any atom is -0.342 e. The van der Waals surface area contributed by atoms with Gasteiger partial charge in [-0.2, -0.15) is 5.10 Å². The Morgan fingerprint density at radius 1 is 1.38 bits per heavy atom. The van der Waals surface area contributed by atoms with Gasteiger partial charge in [0, 0.05) is 39.2 Å². The van der Waals surface area contributed by atoms with Crippen LogP contribution in [0, 0.1) is 6.92 Å². The molecule has 7 heteroatoms. The Kier molecular flexibility index (Phi) is 4.72. The number of likely N-dealkylation sites (N-methyl/N-ethyl adjacent to an activating group) is 1. The highest BCUT2D eigenvalue weighted by molar-refractivity contribution is 5.78. The highest BCUT2D eigenvalue weighted by atomic mass is 16.2. The second-order valence-corrected chi connectivity index (χ2v) is 5.27. The number of amides is 2. The molecule has 0 atom stereocenters. The van der Waals surface area contributed by atoms with Crippen molar-refractivity contribution in [3.8, 4) is 0 Å². The number of carbonyl (C=O) groups excluding carboxylic acids is 2. The first kappa shape index (κ1) is 15.2. The summed E-state index contributed by atoms with van der Waals surface area (Å²) >= 11 is 0. The second kappa shape index (κ2) is 6.51. The molecule has 0 bridgehead atoms. The molecule has 1 aliphatic heterocycles. The Morgan fingerprint density at radius 2 is 2.14 bits per heavy atom. The lowest BCUT2D eigenvalue weighted by atomic mass is 10.4. The molecule has 7 nitrogen and oxygen atoms in total. The molecular formula is C14H20N4O3. The van der Waals surface area contributed by atoms with Gasteiger partial charge < -0.3 is 9.80 Å². The maximum Gasteiger partial charge on any atom is 0.267 e. The maximum atomic E-state index is 12.1. The predicted octanol–water partition coefficient (Wildman–Crippen LogP) is -0.367. The number of likely N-dealkylation sites (tertiary alicyclic amines) is 1. The molecule has 114 valence electrons. The van der Waals surface area contributed by atoms with Gasteiger partial charge in [-0.3, -0.25) is 14.4 Å². The van der Waals surface area contributed by atoms with Crippen LogP contribution < -0.4 is 5.56 Å². The minimum atomic E-state index is -0.294. The zero-order valence-electron chi connectivity index (χ0n) is 12.4. The Labute approximate surface area is 123 Å². The van der Waals surface area contributed by atoms with E-state index in [1.807, 2.05) is 0 Å². The van der Waals surface area contributed by atoms with Gasteiger partial charge in [0.2, 0.25) is 11.8 Å². The van der Waals surface area contributed by atoms with Gasteiger partial charge >= 0.3 is 0 Å². The zero-order chi connectivity index (χ0) is 15.4. The average molecular weight is 292 g/mol. The fourth-order valence-corrected chi connectivity index (χ4v) is 2.25. The van der Waals surface area contributed by atoms with Crippen LogP contribution in [0.15, 0.2) is 16.9 Å². The monoisotopic (exact) mass is 292 g/mol. The van der Waals surface area contributed by atoms with Crippen LogP contribution in [0.5, 0.6) is 0 Å².